The summed E-state index contributed by atoms with van der Waals surface area (Å²) in [6.07, 6.45) is 54.4. The van der Waals surface area contributed by atoms with Crippen molar-refractivity contribution in [1.29, 1.82) is 0 Å². The van der Waals surface area contributed by atoms with Gasteiger partial charge in [0.25, 0.3) is 0 Å². The van der Waals surface area contributed by atoms with Gasteiger partial charge in [-0.1, -0.05) is 337 Å². The Morgan fingerprint density at radius 3 is 0.723 bits per heavy atom. The van der Waals surface area contributed by atoms with E-state index in [4.69, 9.17) is 37.0 Å². The summed E-state index contributed by atoms with van der Waals surface area (Å²) >= 11 is 0. The lowest BCUT2D eigenvalue weighted by atomic mass is 10.0. The molecule has 0 rings (SSSR count). The van der Waals surface area contributed by atoms with Gasteiger partial charge in [0.1, 0.15) is 19.3 Å². The van der Waals surface area contributed by atoms with Crippen molar-refractivity contribution >= 4 is 39.5 Å². The summed E-state index contributed by atoms with van der Waals surface area (Å²) in [4.78, 5) is 72.7. The first-order valence-corrected chi connectivity index (χ1v) is 42.0. The first-order chi connectivity index (χ1) is 45.4. The Morgan fingerprint density at radius 2 is 0.489 bits per heavy atom. The molecule has 0 saturated heterocycles. The summed E-state index contributed by atoms with van der Waals surface area (Å²) in [5.41, 5.74) is 0. The molecule has 2 unspecified atom stereocenters. The second-order valence-electron chi connectivity index (χ2n) is 28.0. The van der Waals surface area contributed by atoms with Crippen molar-refractivity contribution in [3.05, 3.63) is 0 Å². The Hall–Kier alpha value is -1.94. The monoisotopic (exact) mass is 1380 g/mol. The number of phosphoric ester groups is 2. The molecule has 94 heavy (non-hydrogen) atoms. The van der Waals surface area contributed by atoms with E-state index in [-0.39, 0.29) is 25.7 Å². The molecule has 0 aromatic rings. The second-order valence-corrected chi connectivity index (χ2v) is 30.9. The summed E-state index contributed by atoms with van der Waals surface area (Å²) in [6, 6.07) is 0. The van der Waals surface area contributed by atoms with Gasteiger partial charge in [-0.25, -0.2) is 9.13 Å². The van der Waals surface area contributed by atoms with Crippen LogP contribution in [0, 0.1) is 11.8 Å². The van der Waals surface area contributed by atoms with Crippen LogP contribution in [-0.2, 0) is 65.4 Å². The minimum atomic E-state index is -4.96. The maximum Gasteiger partial charge on any atom is 0.472 e. The number of phosphoric acid groups is 2. The quantitative estimate of drug-likeness (QED) is 0.0222. The fourth-order valence-corrected chi connectivity index (χ4v) is 13.1. The zero-order valence-corrected chi connectivity index (χ0v) is 63.1. The van der Waals surface area contributed by atoms with Crippen molar-refractivity contribution < 1.29 is 80.2 Å². The third kappa shape index (κ3) is 68.6. The number of unbranched alkanes of at least 4 members (excludes halogenated alkanes) is 44. The Morgan fingerprint density at radius 1 is 0.287 bits per heavy atom. The number of aliphatic hydroxyl groups excluding tert-OH is 1. The summed E-state index contributed by atoms with van der Waals surface area (Å²) in [5.74, 6) is -0.723. The van der Waals surface area contributed by atoms with Crippen molar-refractivity contribution in [2.75, 3.05) is 39.6 Å². The maximum absolute atomic E-state index is 13.1. The average Bonchev–Trinajstić information content (AvgIpc) is 1.23. The topological polar surface area (TPSA) is 237 Å². The van der Waals surface area contributed by atoms with Crippen molar-refractivity contribution in [2.45, 2.75) is 407 Å². The molecule has 19 heteroatoms. The first kappa shape index (κ1) is 92.1. The van der Waals surface area contributed by atoms with Crippen LogP contribution in [0.5, 0.6) is 0 Å². The van der Waals surface area contributed by atoms with Crippen LogP contribution in [0.4, 0.5) is 0 Å². The highest BCUT2D eigenvalue weighted by atomic mass is 31.2. The Labute approximate surface area is 575 Å². The molecule has 558 valence electrons. The smallest absolute Gasteiger partial charge is 0.462 e. The van der Waals surface area contributed by atoms with Crippen LogP contribution in [0.25, 0.3) is 0 Å². The molecule has 0 saturated carbocycles. The van der Waals surface area contributed by atoms with Crippen LogP contribution in [-0.4, -0.2) is 96.7 Å². The molecule has 0 fully saturated rings. The van der Waals surface area contributed by atoms with E-state index in [0.29, 0.717) is 31.6 Å². The van der Waals surface area contributed by atoms with Gasteiger partial charge < -0.3 is 33.8 Å². The van der Waals surface area contributed by atoms with E-state index in [2.05, 4.69) is 41.5 Å². The van der Waals surface area contributed by atoms with E-state index >= 15 is 0 Å². The Balaban J connectivity index is 5.22. The van der Waals surface area contributed by atoms with Crippen LogP contribution < -0.4 is 0 Å². The zero-order chi connectivity index (χ0) is 69.3. The molecule has 0 amide bonds. The van der Waals surface area contributed by atoms with Crippen LogP contribution in [0.15, 0.2) is 0 Å². The lowest BCUT2D eigenvalue weighted by molar-refractivity contribution is -0.161. The SMILES string of the molecule is CCCCCCCCCCCCCCCCCCCC(=O)OC[C@H](COP(=O)(O)OC[C@@H](O)COP(=O)(O)OC[C@@H](COC(=O)CCCCCCCCC(C)C)OC(=O)CCCCCCCCCCC(C)C)OC(=O)CCCCCCCCCCCCCCCCCCC. The predicted molar refractivity (Wildman–Crippen MR) is 381 cm³/mol. The van der Waals surface area contributed by atoms with Crippen molar-refractivity contribution in [2.24, 2.45) is 11.8 Å². The number of ether oxygens (including phenoxy) is 4. The highest BCUT2D eigenvalue weighted by Gasteiger charge is 2.30. The van der Waals surface area contributed by atoms with E-state index in [0.717, 1.165) is 102 Å². The maximum atomic E-state index is 13.1. The van der Waals surface area contributed by atoms with E-state index < -0.39 is 97.5 Å². The molecule has 0 aliphatic heterocycles. The summed E-state index contributed by atoms with van der Waals surface area (Å²) in [7, 11) is -9.91. The van der Waals surface area contributed by atoms with Gasteiger partial charge in [-0.2, -0.15) is 0 Å². The number of aliphatic hydroxyl groups is 1. The van der Waals surface area contributed by atoms with E-state index in [1.165, 1.54) is 199 Å². The molecule has 0 aliphatic rings. The highest BCUT2D eigenvalue weighted by Crippen LogP contribution is 2.45. The van der Waals surface area contributed by atoms with Crippen LogP contribution in [0.2, 0.25) is 0 Å². The number of carbonyl (C=O) groups is 4. The van der Waals surface area contributed by atoms with Gasteiger partial charge in [0.05, 0.1) is 26.4 Å². The number of esters is 4. The predicted octanol–water partition coefficient (Wildman–Crippen LogP) is 21.9. The first-order valence-electron chi connectivity index (χ1n) is 39.0. The van der Waals surface area contributed by atoms with Crippen LogP contribution >= 0.6 is 15.6 Å². The molecular formula is C75H146O17P2. The molecule has 0 aromatic carbocycles. The van der Waals surface area contributed by atoms with E-state index in [1.807, 2.05) is 0 Å². The summed E-state index contributed by atoms with van der Waals surface area (Å²) < 4.78 is 68.4. The van der Waals surface area contributed by atoms with Gasteiger partial charge in [-0.3, -0.25) is 37.3 Å². The molecule has 0 aliphatic carbocycles. The normalized spacial score (nSPS) is 14.0. The molecule has 0 spiro atoms. The summed E-state index contributed by atoms with van der Waals surface area (Å²) in [5, 5.41) is 10.6. The highest BCUT2D eigenvalue weighted by molar-refractivity contribution is 7.47. The third-order valence-corrected chi connectivity index (χ3v) is 19.4. The largest absolute Gasteiger partial charge is 0.472 e. The van der Waals surface area contributed by atoms with Crippen LogP contribution in [0.3, 0.4) is 0 Å². The third-order valence-electron chi connectivity index (χ3n) is 17.5. The lowest BCUT2D eigenvalue weighted by Gasteiger charge is -2.21. The average molecular weight is 1380 g/mol. The van der Waals surface area contributed by atoms with Gasteiger partial charge in [0.15, 0.2) is 12.2 Å². The van der Waals surface area contributed by atoms with Gasteiger partial charge in [-0.15, -0.1) is 0 Å². The second kappa shape index (κ2) is 66.9. The number of hydrogen-bond donors (Lipinski definition) is 3. The van der Waals surface area contributed by atoms with Gasteiger partial charge >= 0.3 is 39.5 Å². The molecule has 5 atom stereocenters. The zero-order valence-electron chi connectivity index (χ0n) is 61.3. The minimum Gasteiger partial charge on any atom is -0.462 e. The standard InChI is InChI=1S/C75H146O17P2/c1-7-9-11-13-15-17-19-21-23-25-27-29-31-33-38-45-51-57-72(77)85-63-70(91-74(79)59-53-47-39-34-32-30-28-26-24-22-20-18-16-14-12-10-8-2)65-89-93(81,82)87-61-69(76)62-88-94(83,84)90-66-71(64-86-73(78)58-52-46-42-41-44-50-56-68(5)6)92-75(80)60-54-48-40-36-35-37-43-49-55-67(3)4/h67-71,76H,7-66H2,1-6H3,(H,81,82)(H,83,84)/t69-,70-,71-/m1/s1. The van der Waals surface area contributed by atoms with E-state index in [9.17, 15) is 43.2 Å². The van der Waals surface area contributed by atoms with Crippen molar-refractivity contribution in [3.63, 3.8) is 0 Å². The number of rotatable bonds is 74. The molecule has 3 N–H and O–H groups in total. The van der Waals surface area contributed by atoms with Crippen molar-refractivity contribution in [1.82, 2.24) is 0 Å². The minimum absolute atomic E-state index is 0.104. The van der Waals surface area contributed by atoms with Crippen LogP contribution in [0.1, 0.15) is 388 Å². The lowest BCUT2D eigenvalue weighted by Crippen LogP contribution is -2.30. The molecule has 0 bridgehead atoms. The van der Waals surface area contributed by atoms with Gasteiger partial charge in [0.2, 0.25) is 0 Å². The fourth-order valence-electron chi connectivity index (χ4n) is 11.5. The number of carbonyl (C=O) groups excluding carboxylic acids is 4. The Bertz CT molecular complexity index is 1820. The van der Waals surface area contributed by atoms with Gasteiger partial charge in [-0.05, 0) is 37.5 Å². The molecule has 0 radical (unpaired) electrons. The Kier molecular flexibility index (Phi) is 65.5. The van der Waals surface area contributed by atoms with Gasteiger partial charge in [0, 0.05) is 25.7 Å². The number of hydrogen-bond acceptors (Lipinski definition) is 15. The molecular weight excluding hydrogens is 1230 g/mol. The van der Waals surface area contributed by atoms with E-state index in [1.54, 1.807) is 0 Å². The van der Waals surface area contributed by atoms with Crippen molar-refractivity contribution in [3.8, 4) is 0 Å². The summed E-state index contributed by atoms with van der Waals surface area (Å²) in [6.45, 7) is 9.46. The molecule has 0 aromatic heterocycles. The molecule has 0 heterocycles. The molecule has 17 nitrogen and oxygen atoms in total. The fraction of sp³-hybridized carbons (Fsp3) is 0.947.